The number of para-hydroxylation sites is 1. The number of benzene rings is 2. The van der Waals surface area contributed by atoms with Crippen LogP contribution in [0.4, 0.5) is 15.9 Å². The molecule has 174 valence electrons. The van der Waals surface area contributed by atoms with Gasteiger partial charge in [-0.3, -0.25) is 14.5 Å². The summed E-state index contributed by atoms with van der Waals surface area (Å²) in [6.07, 6.45) is 4.42. The summed E-state index contributed by atoms with van der Waals surface area (Å²) in [6.45, 7) is 0.243. The van der Waals surface area contributed by atoms with Gasteiger partial charge in [0, 0.05) is 23.3 Å². The number of hydrogen-bond donors (Lipinski definition) is 2. The van der Waals surface area contributed by atoms with Gasteiger partial charge in [0.15, 0.2) is 17.4 Å². The molecule has 0 saturated heterocycles. The number of carbonyl (C=O) groups excluding carboxylic acids is 1. The Balaban J connectivity index is 1.59. The normalized spacial score (nSPS) is 10.9. The van der Waals surface area contributed by atoms with E-state index in [1.807, 2.05) is 24.3 Å². The number of carbonyl (C=O) groups is 1. The number of nitrogens with zero attached hydrogens (tertiary/aromatic N) is 5. The van der Waals surface area contributed by atoms with Crippen LogP contribution in [0.25, 0.3) is 22.4 Å². The smallest absolute Gasteiger partial charge is 0.252 e. The molecule has 0 aliphatic rings. The van der Waals surface area contributed by atoms with Crippen molar-refractivity contribution >= 4 is 28.3 Å². The molecule has 10 heteroatoms. The van der Waals surface area contributed by atoms with Crippen LogP contribution in [0, 0.1) is 5.82 Å². The number of nitrogens with two attached hydrogens (primary N) is 1. The lowest BCUT2D eigenvalue weighted by Crippen LogP contribution is -2.14. The number of pyridine rings is 1. The minimum Gasteiger partial charge on any atom is -0.491 e. The summed E-state index contributed by atoms with van der Waals surface area (Å²) in [6, 6.07) is 15.8. The summed E-state index contributed by atoms with van der Waals surface area (Å²) in [5.74, 6) is 0.0663. The van der Waals surface area contributed by atoms with E-state index >= 15 is 0 Å². The molecule has 0 atom stereocenters. The van der Waals surface area contributed by atoms with Gasteiger partial charge in [-0.05, 0) is 18.2 Å². The highest BCUT2D eigenvalue weighted by Crippen LogP contribution is 2.31. The van der Waals surface area contributed by atoms with E-state index in [1.54, 1.807) is 28.9 Å². The Bertz CT molecular complexity index is 1550. The van der Waals surface area contributed by atoms with E-state index in [4.69, 9.17) is 15.6 Å². The fourth-order valence-corrected chi connectivity index (χ4v) is 3.75. The van der Waals surface area contributed by atoms with Crippen molar-refractivity contribution in [1.29, 1.82) is 0 Å². The summed E-state index contributed by atoms with van der Waals surface area (Å²) in [7, 11) is 1.49. The van der Waals surface area contributed by atoms with E-state index in [1.165, 1.54) is 31.8 Å². The third-order valence-corrected chi connectivity index (χ3v) is 5.46. The first-order valence-corrected chi connectivity index (χ1v) is 10.7. The van der Waals surface area contributed by atoms with Gasteiger partial charge in [-0.2, -0.15) is 5.10 Å². The number of anilines is 2. The maximum Gasteiger partial charge on any atom is 0.252 e. The predicted octanol–water partition coefficient (Wildman–Crippen LogP) is 3.93. The lowest BCUT2D eigenvalue weighted by Gasteiger charge is -2.12. The molecule has 0 aliphatic carbocycles. The van der Waals surface area contributed by atoms with Gasteiger partial charge < -0.3 is 15.8 Å². The van der Waals surface area contributed by atoms with Crippen LogP contribution in [0.15, 0.2) is 73.2 Å². The van der Waals surface area contributed by atoms with E-state index in [0.29, 0.717) is 34.3 Å². The topological polar surface area (TPSA) is 121 Å². The predicted molar refractivity (Wildman–Crippen MR) is 129 cm³/mol. The molecule has 1 amide bonds. The fourth-order valence-electron chi connectivity index (χ4n) is 3.75. The average Bonchev–Trinajstić information content (AvgIpc) is 3.24. The molecule has 9 nitrogen and oxygen atoms in total. The van der Waals surface area contributed by atoms with Gasteiger partial charge in [-0.15, -0.1) is 0 Å². The lowest BCUT2D eigenvalue weighted by atomic mass is 10.2. The van der Waals surface area contributed by atoms with E-state index in [-0.39, 0.29) is 17.9 Å². The second kappa shape index (κ2) is 9.18. The van der Waals surface area contributed by atoms with Crippen LogP contribution in [-0.4, -0.2) is 37.7 Å². The molecule has 0 saturated carbocycles. The summed E-state index contributed by atoms with van der Waals surface area (Å²) >= 11 is 0. The molecule has 0 spiro atoms. The number of methoxy groups -OCH3 is 1. The molecule has 0 bridgehead atoms. The highest BCUT2D eigenvalue weighted by Gasteiger charge is 2.19. The van der Waals surface area contributed by atoms with Crippen LogP contribution in [-0.2, 0) is 6.54 Å². The molecular weight excluding hydrogens is 449 g/mol. The number of primary amides is 1. The van der Waals surface area contributed by atoms with Crippen LogP contribution >= 0.6 is 0 Å². The van der Waals surface area contributed by atoms with Gasteiger partial charge in [0.25, 0.3) is 5.91 Å². The van der Waals surface area contributed by atoms with Gasteiger partial charge in [-0.25, -0.2) is 14.4 Å². The number of amides is 1. The van der Waals surface area contributed by atoms with Crippen molar-refractivity contribution in [3.8, 4) is 17.3 Å². The summed E-state index contributed by atoms with van der Waals surface area (Å²) in [4.78, 5) is 24.8. The molecular formula is C25H20FN7O2. The minimum atomic E-state index is -0.633. The van der Waals surface area contributed by atoms with Crippen molar-refractivity contribution in [1.82, 2.24) is 24.7 Å². The summed E-state index contributed by atoms with van der Waals surface area (Å²) in [5, 5.41) is 8.61. The van der Waals surface area contributed by atoms with Crippen LogP contribution in [0.1, 0.15) is 15.9 Å². The molecule has 0 radical (unpaired) electrons. The average molecular weight is 469 g/mol. The van der Waals surface area contributed by atoms with Crippen LogP contribution in [0.2, 0.25) is 0 Å². The van der Waals surface area contributed by atoms with Crippen molar-refractivity contribution < 1.29 is 13.9 Å². The SMILES string of the molecule is COc1cnc(-c2nn(Cc3ccccc3F)c3ccccc23)nc1Nc1ccncc1C(N)=O. The first-order valence-electron chi connectivity index (χ1n) is 10.7. The largest absolute Gasteiger partial charge is 0.491 e. The number of fused-ring (bicyclic) bond motifs is 1. The quantitative estimate of drug-likeness (QED) is 0.370. The molecule has 0 unspecified atom stereocenters. The monoisotopic (exact) mass is 469 g/mol. The Kier molecular flexibility index (Phi) is 5.76. The Hall–Kier alpha value is -4.86. The van der Waals surface area contributed by atoms with Gasteiger partial charge in [0.2, 0.25) is 0 Å². The first kappa shape index (κ1) is 22.0. The Morgan fingerprint density at radius 1 is 1.11 bits per heavy atom. The molecule has 5 aromatic rings. The molecule has 5 rings (SSSR count). The fraction of sp³-hybridized carbons (Fsp3) is 0.0800. The third kappa shape index (κ3) is 4.24. The van der Waals surface area contributed by atoms with Crippen molar-refractivity contribution in [3.63, 3.8) is 0 Å². The molecule has 3 aromatic heterocycles. The molecule has 2 aromatic carbocycles. The zero-order valence-electron chi connectivity index (χ0n) is 18.6. The van der Waals surface area contributed by atoms with E-state index < -0.39 is 5.91 Å². The molecule has 0 fully saturated rings. The Morgan fingerprint density at radius 2 is 1.91 bits per heavy atom. The second-order valence-corrected chi connectivity index (χ2v) is 7.64. The van der Waals surface area contributed by atoms with Crippen molar-refractivity contribution in [2.45, 2.75) is 6.54 Å². The molecule has 3 N–H and O–H groups in total. The van der Waals surface area contributed by atoms with E-state index in [0.717, 1.165) is 10.9 Å². The minimum absolute atomic E-state index is 0.203. The van der Waals surface area contributed by atoms with Gasteiger partial charge in [0.05, 0.1) is 36.6 Å². The van der Waals surface area contributed by atoms with Crippen molar-refractivity contribution in [2.75, 3.05) is 12.4 Å². The van der Waals surface area contributed by atoms with Crippen LogP contribution in [0.5, 0.6) is 5.75 Å². The third-order valence-electron chi connectivity index (χ3n) is 5.46. The zero-order valence-corrected chi connectivity index (χ0v) is 18.6. The number of aromatic nitrogens is 5. The molecule has 3 heterocycles. The Labute approximate surface area is 199 Å². The zero-order chi connectivity index (χ0) is 24.4. The second-order valence-electron chi connectivity index (χ2n) is 7.64. The molecule has 0 aliphatic heterocycles. The first-order chi connectivity index (χ1) is 17.0. The van der Waals surface area contributed by atoms with Crippen molar-refractivity contribution in [3.05, 3.63) is 90.1 Å². The number of rotatable bonds is 7. The summed E-state index contributed by atoms with van der Waals surface area (Å²) in [5.41, 5.74) is 7.95. The number of hydrogen-bond acceptors (Lipinski definition) is 7. The van der Waals surface area contributed by atoms with Gasteiger partial charge >= 0.3 is 0 Å². The molecule has 35 heavy (non-hydrogen) atoms. The number of nitrogens with one attached hydrogen (secondary N) is 1. The van der Waals surface area contributed by atoms with Crippen molar-refractivity contribution in [2.24, 2.45) is 5.73 Å². The van der Waals surface area contributed by atoms with E-state index in [2.05, 4.69) is 20.3 Å². The lowest BCUT2D eigenvalue weighted by molar-refractivity contribution is 0.100. The maximum atomic E-state index is 14.3. The standard InChI is InChI=1S/C25H20FN7O2/c1-35-21-13-29-25(31-24(21)30-19-10-11-28-12-17(19)23(27)34)22-16-7-3-5-9-20(16)33(32-22)14-15-6-2-4-8-18(15)26/h2-13H,14H2,1H3,(H2,27,34)(H,28,29,30,31). The highest BCUT2D eigenvalue weighted by atomic mass is 19.1. The number of ether oxygens (including phenoxy) is 1. The summed E-state index contributed by atoms with van der Waals surface area (Å²) < 4.78 is 21.4. The highest BCUT2D eigenvalue weighted by molar-refractivity contribution is 5.99. The van der Waals surface area contributed by atoms with Gasteiger partial charge in [-0.1, -0.05) is 36.4 Å². The van der Waals surface area contributed by atoms with Crippen LogP contribution in [0.3, 0.4) is 0 Å². The Morgan fingerprint density at radius 3 is 2.71 bits per heavy atom. The van der Waals surface area contributed by atoms with E-state index in [9.17, 15) is 9.18 Å². The number of halogens is 1. The van der Waals surface area contributed by atoms with Crippen LogP contribution < -0.4 is 15.8 Å². The maximum absolute atomic E-state index is 14.3. The van der Waals surface area contributed by atoms with Gasteiger partial charge in [0.1, 0.15) is 11.5 Å².